The van der Waals surface area contributed by atoms with Crippen LogP contribution in [0.2, 0.25) is 0 Å². The Bertz CT molecular complexity index is 218. The van der Waals surface area contributed by atoms with Crippen molar-refractivity contribution in [2.45, 2.75) is 58.4 Å². The van der Waals surface area contributed by atoms with Crippen LogP contribution >= 0.6 is 0 Å². The zero-order chi connectivity index (χ0) is 12.0. The molecule has 0 saturated carbocycles. The summed E-state index contributed by atoms with van der Waals surface area (Å²) in [7, 11) is 0. The van der Waals surface area contributed by atoms with E-state index >= 15 is 0 Å². The number of aliphatic carboxylic acids is 1. The molecule has 3 nitrogen and oxygen atoms in total. The van der Waals surface area contributed by atoms with Crippen LogP contribution < -0.4 is 0 Å². The molecule has 1 heterocycles. The minimum atomic E-state index is -0.669. The van der Waals surface area contributed by atoms with Crippen molar-refractivity contribution >= 4 is 5.97 Å². The second kappa shape index (κ2) is 6.89. The topological polar surface area (TPSA) is 40.5 Å². The monoisotopic (exact) mass is 227 g/mol. The van der Waals surface area contributed by atoms with Crippen LogP contribution in [0.4, 0.5) is 0 Å². The van der Waals surface area contributed by atoms with Crippen LogP contribution in [0.15, 0.2) is 0 Å². The molecule has 1 fully saturated rings. The number of carbonyl (C=O) groups is 1. The summed E-state index contributed by atoms with van der Waals surface area (Å²) in [5.74, 6) is 0.107. The van der Waals surface area contributed by atoms with Gasteiger partial charge in [0.25, 0.3) is 0 Å². The lowest BCUT2D eigenvalue weighted by atomic mass is 9.88. The van der Waals surface area contributed by atoms with Gasteiger partial charge in [0.05, 0.1) is 0 Å². The average molecular weight is 227 g/mol. The van der Waals surface area contributed by atoms with Crippen molar-refractivity contribution in [2.24, 2.45) is 5.92 Å². The molecule has 0 aromatic carbocycles. The van der Waals surface area contributed by atoms with Crippen molar-refractivity contribution in [1.29, 1.82) is 0 Å². The fraction of sp³-hybridized carbons (Fsp3) is 0.923. The molecular weight excluding hydrogens is 202 g/mol. The van der Waals surface area contributed by atoms with E-state index in [9.17, 15) is 4.79 Å². The molecule has 0 radical (unpaired) electrons. The number of nitrogens with zero attached hydrogens (tertiary/aromatic N) is 1. The first-order valence-corrected chi connectivity index (χ1v) is 6.61. The molecule has 1 N–H and O–H groups in total. The standard InChI is InChI=1S/C13H25NO2/c1-3-6-12-11(2)7-4-9-14(12)10-5-8-13(15)16/h11-12H,3-10H2,1-2H3,(H,15,16). The summed E-state index contributed by atoms with van der Waals surface area (Å²) in [4.78, 5) is 13.0. The van der Waals surface area contributed by atoms with Crippen LogP contribution in [0, 0.1) is 5.92 Å². The third kappa shape index (κ3) is 4.12. The Labute approximate surface area is 98.8 Å². The van der Waals surface area contributed by atoms with Crippen LogP contribution in [0.25, 0.3) is 0 Å². The largest absolute Gasteiger partial charge is 0.481 e. The molecule has 0 aromatic rings. The molecule has 1 saturated heterocycles. The summed E-state index contributed by atoms with van der Waals surface area (Å²) in [6.45, 7) is 6.69. The van der Waals surface area contributed by atoms with Crippen LogP contribution in [0.3, 0.4) is 0 Å². The normalized spacial score (nSPS) is 26.9. The van der Waals surface area contributed by atoms with Gasteiger partial charge in [-0.05, 0) is 44.7 Å². The summed E-state index contributed by atoms with van der Waals surface area (Å²) < 4.78 is 0. The molecule has 0 spiro atoms. The smallest absolute Gasteiger partial charge is 0.303 e. The van der Waals surface area contributed by atoms with Gasteiger partial charge < -0.3 is 10.0 Å². The van der Waals surface area contributed by atoms with Crippen molar-refractivity contribution in [1.82, 2.24) is 4.90 Å². The van der Waals surface area contributed by atoms with Crippen molar-refractivity contribution in [2.75, 3.05) is 13.1 Å². The molecule has 0 aliphatic carbocycles. The Morgan fingerprint density at radius 3 is 2.88 bits per heavy atom. The Balaban J connectivity index is 2.38. The molecule has 1 rings (SSSR count). The van der Waals surface area contributed by atoms with Gasteiger partial charge in [-0.25, -0.2) is 0 Å². The van der Waals surface area contributed by atoms with E-state index in [1.807, 2.05) is 0 Å². The maximum Gasteiger partial charge on any atom is 0.303 e. The number of hydrogen-bond acceptors (Lipinski definition) is 2. The third-order valence-corrected chi connectivity index (χ3v) is 3.65. The zero-order valence-corrected chi connectivity index (χ0v) is 10.6. The van der Waals surface area contributed by atoms with E-state index < -0.39 is 5.97 Å². The number of likely N-dealkylation sites (tertiary alicyclic amines) is 1. The van der Waals surface area contributed by atoms with E-state index in [1.54, 1.807) is 0 Å². The van der Waals surface area contributed by atoms with Gasteiger partial charge in [0.1, 0.15) is 0 Å². The van der Waals surface area contributed by atoms with Gasteiger partial charge in [0, 0.05) is 12.5 Å². The summed E-state index contributed by atoms with van der Waals surface area (Å²) >= 11 is 0. The van der Waals surface area contributed by atoms with Gasteiger partial charge in [0.2, 0.25) is 0 Å². The molecule has 1 aliphatic heterocycles. The van der Waals surface area contributed by atoms with E-state index in [0.29, 0.717) is 12.5 Å². The first-order valence-electron chi connectivity index (χ1n) is 6.61. The van der Waals surface area contributed by atoms with E-state index in [4.69, 9.17) is 5.11 Å². The summed E-state index contributed by atoms with van der Waals surface area (Å²) in [5.41, 5.74) is 0. The van der Waals surface area contributed by atoms with Crippen molar-refractivity contribution < 1.29 is 9.90 Å². The zero-order valence-electron chi connectivity index (χ0n) is 10.6. The van der Waals surface area contributed by atoms with E-state index in [1.165, 1.54) is 25.7 Å². The molecule has 16 heavy (non-hydrogen) atoms. The fourth-order valence-electron chi connectivity index (χ4n) is 2.81. The highest BCUT2D eigenvalue weighted by Crippen LogP contribution is 2.26. The summed E-state index contributed by atoms with van der Waals surface area (Å²) in [5, 5.41) is 8.65. The van der Waals surface area contributed by atoms with Gasteiger partial charge in [-0.3, -0.25) is 4.79 Å². The quantitative estimate of drug-likeness (QED) is 0.758. The lowest BCUT2D eigenvalue weighted by molar-refractivity contribution is -0.137. The minimum absolute atomic E-state index is 0.309. The van der Waals surface area contributed by atoms with Gasteiger partial charge >= 0.3 is 5.97 Å². The van der Waals surface area contributed by atoms with Gasteiger partial charge in [-0.1, -0.05) is 20.3 Å². The van der Waals surface area contributed by atoms with Gasteiger partial charge in [-0.15, -0.1) is 0 Å². The average Bonchev–Trinajstić information content (AvgIpc) is 2.22. The van der Waals surface area contributed by atoms with Gasteiger partial charge in [0.15, 0.2) is 0 Å². The molecule has 1 aliphatic rings. The van der Waals surface area contributed by atoms with E-state index in [2.05, 4.69) is 18.7 Å². The number of piperidine rings is 1. The Morgan fingerprint density at radius 1 is 1.50 bits per heavy atom. The minimum Gasteiger partial charge on any atom is -0.481 e. The van der Waals surface area contributed by atoms with Crippen molar-refractivity contribution in [3.63, 3.8) is 0 Å². The number of rotatable bonds is 6. The first-order chi connectivity index (χ1) is 7.65. The van der Waals surface area contributed by atoms with Crippen LogP contribution in [0.5, 0.6) is 0 Å². The SMILES string of the molecule is CCCC1C(C)CCCN1CCCC(=O)O. The van der Waals surface area contributed by atoms with Crippen LogP contribution in [0.1, 0.15) is 52.4 Å². The molecular formula is C13H25NO2. The predicted octanol–water partition coefficient (Wildman–Crippen LogP) is 2.75. The fourth-order valence-corrected chi connectivity index (χ4v) is 2.81. The first kappa shape index (κ1) is 13.5. The van der Waals surface area contributed by atoms with E-state index in [-0.39, 0.29) is 0 Å². The Kier molecular flexibility index (Phi) is 5.81. The summed E-state index contributed by atoms with van der Waals surface area (Å²) in [6, 6.07) is 0.688. The van der Waals surface area contributed by atoms with Crippen molar-refractivity contribution in [3.8, 4) is 0 Å². The lowest BCUT2D eigenvalue weighted by Gasteiger charge is -2.40. The highest BCUT2D eigenvalue weighted by molar-refractivity contribution is 5.66. The Hall–Kier alpha value is -0.570. The molecule has 0 amide bonds. The lowest BCUT2D eigenvalue weighted by Crippen LogP contribution is -2.44. The second-order valence-electron chi connectivity index (χ2n) is 5.01. The van der Waals surface area contributed by atoms with Crippen LogP contribution in [-0.2, 0) is 4.79 Å². The maximum atomic E-state index is 10.5. The molecule has 2 unspecified atom stereocenters. The molecule has 94 valence electrons. The molecule has 0 bridgehead atoms. The molecule has 2 atom stereocenters. The maximum absolute atomic E-state index is 10.5. The molecule has 0 aromatic heterocycles. The molecule has 3 heteroatoms. The highest BCUT2D eigenvalue weighted by atomic mass is 16.4. The number of hydrogen-bond donors (Lipinski definition) is 1. The van der Waals surface area contributed by atoms with Gasteiger partial charge in [-0.2, -0.15) is 0 Å². The second-order valence-corrected chi connectivity index (χ2v) is 5.01. The number of carboxylic acids is 1. The summed E-state index contributed by atoms with van der Waals surface area (Å²) in [6.07, 6.45) is 6.19. The van der Waals surface area contributed by atoms with Crippen LogP contribution in [-0.4, -0.2) is 35.1 Å². The highest BCUT2D eigenvalue weighted by Gasteiger charge is 2.27. The third-order valence-electron chi connectivity index (χ3n) is 3.65. The van der Waals surface area contributed by atoms with Crippen molar-refractivity contribution in [3.05, 3.63) is 0 Å². The van der Waals surface area contributed by atoms with E-state index in [0.717, 1.165) is 25.4 Å². The Morgan fingerprint density at radius 2 is 2.25 bits per heavy atom. The predicted molar refractivity (Wildman–Crippen MR) is 65.5 cm³/mol. The number of carboxylic acid groups (broad SMARTS) is 1.